The Bertz CT molecular complexity index is 1320. The van der Waals surface area contributed by atoms with Crippen LogP contribution in [0.3, 0.4) is 0 Å². The summed E-state index contributed by atoms with van der Waals surface area (Å²) in [6, 6.07) is 12.4. The topological polar surface area (TPSA) is 132 Å². The van der Waals surface area contributed by atoms with Crippen LogP contribution in [0.1, 0.15) is 44.7 Å². The SMILES string of the molecule is C/C(=N\NC(=O)CCN(C)C)c1ccc2c(c1)c1cc(/C(C)=N/NC(=O)CCN(C)C)ccc1n2C.CC(=O)O. The normalized spacial score (nSPS) is 12.1. The maximum atomic E-state index is 12.0. The predicted octanol–water partition coefficient (Wildman–Crippen LogP) is 3.01. The Hall–Kier alpha value is -4.09. The van der Waals surface area contributed by atoms with E-state index >= 15 is 0 Å². The largest absolute Gasteiger partial charge is 0.481 e. The molecule has 0 bridgehead atoms. The molecular weight excluding hydrogens is 510 g/mol. The van der Waals surface area contributed by atoms with E-state index in [1.165, 1.54) is 0 Å². The number of carbonyl (C=O) groups excluding carboxylic acids is 2. The molecule has 40 heavy (non-hydrogen) atoms. The van der Waals surface area contributed by atoms with E-state index in [0.717, 1.165) is 51.3 Å². The van der Waals surface area contributed by atoms with E-state index in [-0.39, 0.29) is 11.8 Å². The van der Waals surface area contributed by atoms with Gasteiger partial charge in [0.25, 0.3) is 5.97 Å². The molecule has 0 unspecified atom stereocenters. The molecule has 0 aliphatic rings. The number of benzene rings is 2. The molecule has 0 saturated heterocycles. The van der Waals surface area contributed by atoms with Crippen molar-refractivity contribution in [3.8, 4) is 0 Å². The Kier molecular flexibility index (Phi) is 12.0. The van der Waals surface area contributed by atoms with Gasteiger partial charge in [0.15, 0.2) is 0 Å². The van der Waals surface area contributed by atoms with Crippen molar-refractivity contribution < 1.29 is 19.5 Å². The maximum absolute atomic E-state index is 12.0. The van der Waals surface area contributed by atoms with Gasteiger partial charge in [0, 0.05) is 61.7 Å². The Balaban J connectivity index is 0.00000131. The first-order valence-corrected chi connectivity index (χ1v) is 13.0. The summed E-state index contributed by atoms with van der Waals surface area (Å²) in [4.78, 5) is 37.0. The molecule has 0 saturated carbocycles. The van der Waals surface area contributed by atoms with Gasteiger partial charge in [-0.05, 0) is 77.4 Å². The number of amides is 2. The number of nitrogens with one attached hydrogen (secondary N) is 2. The molecule has 0 aliphatic heterocycles. The number of hydrogen-bond acceptors (Lipinski definition) is 7. The maximum Gasteiger partial charge on any atom is 0.300 e. The first kappa shape index (κ1) is 32.1. The van der Waals surface area contributed by atoms with Gasteiger partial charge in [-0.1, -0.05) is 12.1 Å². The fourth-order valence-corrected chi connectivity index (χ4v) is 3.85. The third kappa shape index (κ3) is 9.58. The third-order valence-electron chi connectivity index (χ3n) is 6.11. The second kappa shape index (κ2) is 14.9. The number of nitrogens with zero attached hydrogens (tertiary/aromatic N) is 5. The predicted molar refractivity (Wildman–Crippen MR) is 161 cm³/mol. The van der Waals surface area contributed by atoms with Gasteiger partial charge in [-0.15, -0.1) is 0 Å². The fourth-order valence-electron chi connectivity index (χ4n) is 3.85. The minimum atomic E-state index is -0.833. The number of hydrazone groups is 2. The van der Waals surface area contributed by atoms with Gasteiger partial charge in [0.2, 0.25) is 11.8 Å². The van der Waals surface area contributed by atoms with Gasteiger partial charge < -0.3 is 19.5 Å². The molecular formula is C29H41N7O4. The van der Waals surface area contributed by atoms with E-state index in [2.05, 4.69) is 49.9 Å². The van der Waals surface area contributed by atoms with Gasteiger partial charge in [-0.2, -0.15) is 10.2 Å². The number of aryl methyl sites for hydroxylation is 1. The van der Waals surface area contributed by atoms with E-state index in [4.69, 9.17) is 9.90 Å². The number of hydrogen-bond donors (Lipinski definition) is 3. The van der Waals surface area contributed by atoms with Crippen molar-refractivity contribution in [2.75, 3.05) is 41.3 Å². The van der Waals surface area contributed by atoms with Gasteiger partial charge in [-0.3, -0.25) is 14.4 Å². The van der Waals surface area contributed by atoms with Crippen molar-refractivity contribution in [3.63, 3.8) is 0 Å². The lowest BCUT2D eigenvalue weighted by Crippen LogP contribution is -2.24. The molecule has 2 amide bonds. The molecule has 3 N–H and O–H groups in total. The summed E-state index contributed by atoms with van der Waals surface area (Å²) in [6.07, 6.45) is 0.790. The molecule has 2 aromatic carbocycles. The second-order valence-electron chi connectivity index (χ2n) is 10.1. The number of carboxylic acids is 1. The van der Waals surface area contributed by atoms with Crippen LogP contribution in [-0.2, 0) is 21.4 Å². The monoisotopic (exact) mass is 551 g/mol. The Morgan fingerprint density at radius 2 is 1.10 bits per heavy atom. The van der Waals surface area contributed by atoms with Crippen molar-refractivity contribution in [1.29, 1.82) is 0 Å². The number of fused-ring (bicyclic) bond motifs is 3. The zero-order valence-corrected chi connectivity index (χ0v) is 24.7. The standard InChI is InChI=1S/C27H37N7O2.C2H4O2/c1-18(28-30-26(35)12-14-32(3)4)20-8-10-24-22(16-20)23-17-21(9-11-25(23)34(24)7)19(2)29-31-27(36)13-15-33(5)6;1-2(3)4/h8-11,16-17H,12-15H2,1-7H3,(H,30,35)(H,31,36);1H3,(H,3,4)/b28-18+,29-19+;. The molecule has 0 atom stereocenters. The van der Waals surface area contributed by atoms with Crippen LogP contribution in [0.15, 0.2) is 46.6 Å². The van der Waals surface area contributed by atoms with E-state index in [9.17, 15) is 9.59 Å². The molecule has 0 aliphatic carbocycles. The summed E-state index contributed by atoms with van der Waals surface area (Å²) in [5, 5.41) is 18.2. The Labute approximate surface area is 235 Å². The molecule has 11 nitrogen and oxygen atoms in total. The Morgan fingerprint density at radius 3 is 1.43 bits per heavy atom. The van der Waals surface area contributed by atoms with Gasteiger partial charge in [-0.25, -0.2) is 10.9 Å². The number of aromatic nitrogens is 1. The molecule has 0 fully saturated rings. The van der Waals surface area contributed by atoms with Crippen LogP contribution >= 0.6 is 0 Å². The van der Waals surface area contributed by atoms with Crippen LogP contribution in [0.4, 0.5) is 0 Å². The van der Waals surface area contributed by atoms with Crippen LogP contribution < -0.4 is 10.9 Å². The second-order valence-corrected chi connectivity index (χ2v) is 10.1. The van der Waals surface area contributed by atoms with Crippen LogP contribution in [0.25, 0.3) is 21.8 Å². The van der Waals surface area contributed by atoms with Crippen molar-refractivity contribution in [1.82, 2.24) is 25.2 Å². The average molecular weight is 552 g/mol. The lowest BCUT2D eigenvalue weighted by molar-refractivity contribution is -0.134. The summed E-state index contributed by atoms with van der Waals surface area (Å²) in [6.45, 7) is 6.21. The number of carboxylic acid groups (broad SMARTS) is 1. The molecule has 1 aromatic heterocycles. The lowest BCUT2D eigenvalue weighted by atomic mass is 10.0. The van der Waals surface area contributed by atoms with Crippen molar-refractivity contribution in [2.24, 2.45) is 17.3 Å². The first-order chi connectivity index (χ1) is 18.8. The molecule has 216 valence electrons. The molecule has 3 rings (SSSR count). The molecule has 3 aromatic rings. The highest BCUT2D eigenvalue weighted by molar-refractivity contribution is 6.13. The van der Waals surface area contributed by atoms with E-state index in [1.807, 2.05) is 71.0 Å². The molecule has 11 heteroatoms. The number of aliphatic carboxylic acids is 1. The van der Waals surface area contributed by atoms with Gasteiger partial charge in [0.1, 0.15) is 0 Å². The van der Waals surface area contributed by atoms with Crippen molar-refractivity contribution >= 4 is 51.0 Å². The molecule has 0 spiro atoms. The first-order valence-electron chi connectivity index (χ1n) is 13.0. The Morgan fingerprint density at radius 1 is 0.750 bits per heavy atom. The molecule has 0 radical (unpaired) electrons. The van der Waals surface area contributed by atoms with Crippen LogP contribution in [0.2, 0.25) is 0 Å². The van der Waals surface area contributed by atoms with Crippen LogP contribution in [0, 0.1) is 0 Å². The lowest BCUT2D eigenvalue weighted by Gasteiger charge is -2.08. The summed E-state index contributed by atoms with van der Waals surface area (Å²) in [5.41, 5.74) is 10.9. The summed E-state index contributed by atoms with van der Waals surface area (Å²) < 4.78 is 2.16. The summed E-state index contributed by atoms with van der Waals surface area (Å²) >= 11 is 0. The summed E-state index contributed by atoms with van der Waals surface area (Å²) in [5.74, 6) is -1.05. The zero-order chi connectivity index (χ0) is 30.0. The number of rotatable bonds is 10. The minimum Gasteiger partial charge on any atom is -0.481 e. The highest BCUT2D eigenvalue weighted by Gasteiger charge is 2.12. The zero-order valence-electron chi connectivity index (χ0n) is 24.7. The highest BCUT2D eigenvalue weighted by atomic mass is 16.4. The third-order valence-corrected chi connectivity index (χ3v) is 6.11. The quantitative estimate of drug-likeness (QED) is 0.262. The van der Waals surface area contributed by atoms with E-state index in [1.54, 1.807) is 0 Å². The van der Waals surface area contributed by atoms with Gasteiger partial charge >= 0.3 is 0 Å². The minimum absolute atomic E-state index is 0.109. The van der Waals surface area contributed by atoms with Gasteiger partial charge in [0.05, 0.1) is 11.4 Å². The summed E-state index contributed by atoms with van der Waals surface area (Å²) in [7, 11) is 9.78. The fraction of sp³-hybridized carbons (Fsp3) is 0.414. The van der Waals surface area contributed by atoms with E-state index < -0.39 is 5.97 Å². The smallest absolute Gasteiger partial charge is 0.300 e. The van der Waals surface area contributed by atoms with Crippen molar-refractivity contribution in [2.45, 2.75) is 33.6 Å². The number of carbonyl (C=O) groups is 3. The van der Waals surface area contributed by atoms with Crippen molar-refractivity contribution in [3.05, 3.63) is 47.5 Å². The van der Waals surface area contributed by atoms with Crippen LogP contribution in [0.5, 0.6) is 0 Å². The van der Waals surface area contributed by atoms with Crippen LogP contribution in [-0.4, -0.2) is 90.0 Å². The van der Waals surface area contributed by atoms with E-state index in [0.29, 0.717) is 25.9 Å². The highest BCUT2D eigenvalue weighted by Crippen LogP contribution is 2.30. The molecule has 1 heterocycles. The average Bonchev–Trinajstić information content (AvgIpc) is 3.18.